The maximum atomic E-state index is 12.4. The summed E-state index contributed by atoms with van der Waals surface area (Å²) in [5, 5.41) is 3.95. The van der Waals surface area contributed by atoms with Gasteiger partial charge in [-0.25, -0.2) is 4.79 Å². The first kappa shape index (κ1) is 20.4. The fraction of sp³-hybridized carbons (Fsp3) is 0.304. The number of carbonyl (C=O) groups excluding carboxylic acids is 1. The van der Waals surface area contributed by atoms with Crippen LogP contribution < -0.4 is 10.1 Å². The molecule has 156 valence electrons. The molecule has 1 aliphatic heterocycles. The molecule has 6 nitrogen and oxygen atoms in total. The van der Waals surface area contributed by atoms with E-state index in [-0.39, 0.29) is 5.88 Å². The van der Waals surface area contributed by atoms with E-state index in [2.05, 4.69) is 53.9 Å². The van der Waals surface area contributed by atoms with Crippen molar-refractivity contribution in [1.29, 1.82) is 0 Å². The Balaban J connectivity index is 1.49. The van der Waals surface area contributed by atoms with Gasteiger partial charge in [0, 0.05) is 6.54 Å². The van der Waals surface area contributed by atoms with Gasteiger partial charge in [-0.2, -0.15) is 4.37 Å². The van der Waals surface area contributed by atoms with Gasteiger partial charge in [0.25, 0.3) is 0 Å². The monoisotopic (exact) mass is 424 g/mol. The van der Waals surface area contributed by atoms with Crippen LogP contribution in [0, 0.1) is 13.8 Å². The smallest absolute Gasteiger partial charge is 0.346 e. The number of benzene rings is 2. The van der Waals surface area contributed by atoms with Crippen molar-refractivity contribution in [2.75, 3.05) is 12.4 Å². The number of methoxy groups -OCH3 is 1. The Hall–Kier alpha value is -2.90. The van der Waals surface area contributed by atoms with Crippen molar-refractivity contribution < 1.29 is 19.0 Å². The maximum absolute atomic E-state index is 12.4. The molecule has 1 aliphatic rings. The topological polar surface area (TPSA) is 69.7 Å². The highest BCUT2D eigenvalue weighted by Gasteiger charge is 2.23. The maximum Gasteiger partial charge on any atom is 0.346 e. The van der Waals surface area contributed by atoms with Crippen molar-refractivity contribution >= 4 is 22.5 Å². The molecule has 0 bridgehead atoms. The second-order valence-corrected chi connectivity index (χ2v) is 8.12. The molecule has 0 saturated carbocycles. The lowest BCUT2D eigenvalue weighted by atomic mass is 10.1. The van der Waals surface area contributed by atoms with Crippen molar-refractivity contribution in [2.45, 2.75) is 40.2 Å². The molecule has 30 heavy (non-hydrogen) atoms. The fourth-order valence-corrected chi connectivity index (χ4v) is 4.18. The minimum absolute atomic E-state index is 0.284. The molecule has 2 heterocycles. The van der Waals surface area contributed by atoms with Crippen molar-refractivity contribution in [3.8, 4) is 5.88 Å². The Kier molecular flexibility index (Phi) is 6.01. The largest absolute Gasteiger partial charge is 0.472 e. The van der Waals surface area contributed by atoms with Gasteiger partial charge in [-0.05, 0) is 59.3 Å². The van der Waals surface area contributed by atoms with Gasteiger partial charge >= 0.3 is 5.97 Å². The van der Waals surface area contributed by atoms with Gasteiger partial charge in [-0.3, -0.25) is 0 Å². The normalized spacial score (nSPS) is 12.5. The second kappa shape index (κ2) is 8.85. The highest BCUT2D eigenvalue weighted by molar-refractivity contribution is 7.10. The molecule has 7 heteroatoms. The first-order valence-electron chi connectivity index (χ1n) is 9.74. The Morgan fingerprint density at radius 2 is 2.00 bits per heavy atom. The van der Waals surface area contributed by atoms with Crippen LogP contribution in [0.5, 0.6) is 5.88 Å². The van der Waals surface area contributed by atoms with E-state index in [4.69, 9.17) is 14.2 Å². The minimum Gasteiger partial charge on any atom is -0.472 e. The number of rotatable bonds is 7. The van der Waals surface area contributed by atoms with Gasteiger partial charge in [0.2, 0.25) is 5.88 Å². The van der Waals surface area contributed by atoms with Crippen LogP contribution in [0.15, 0.2) is 36.4 Å². The summed E-state index contributed by atoms with van der Waals surface area (Å²) >= 11 is 1.20. The third-order valence-electron chi connectivity index (χ3n) is 5.15. The highest BCUT2D eigenvalue weighted by atomic mass is 32.1. The van der Waals surface area contributed by atoms with Crippen LogP contribution in [0.1, 0.15) is 43.7 Å². The van der Waals surface area contributed by atoms with Gasteiger partial charge in [0.05, 0.1) is 20.3 Å². The van der Waals surface area contributed by atoms with Crippen LogP contribution >= 0.6 is 11.5 Å². The van der Waals surface area contributed by atoms with E-state index < -0.39 is 5.97 Å². The van der Waals surface area contributed by atoms with Crippen molar-refractivity contribution in [3.05, 3.63) is 75.3 Å². The minimum atomic E-state index is -0.468. The molecule has 0 unspecified atom stereocenters. The van der Waals surface area contributed by atoms with Gasteiger partial charge in [0.1, 0.15) is 11.6 Å². The van der Waals surface area contributed by atoms with Crippen LogP contribution in [0.3, 0.4) is 0 Å². The van der Waals surface area contributed by atoms with Crippen LogP contribution in [-0.2, 0) is 35.8 Å². The van der Waals surface area contributed by atoms with Crippen LogP contribution in [-0.4, -0.2) is 17.5 Å². The molecule has 0 aliphatic carbocycles. The number of ether oxygens (including phenoxy) is 3. The number of aryl methyl sites for hydroxylation is 2. The summed E-state index contributed by atoms with van der Waals surface area (Å²) in [5.41, 5.74) is 7.30. The number of aromatic nitrogens is 1. The van der Waals surface area contributed by atoms with Gasteiger partial charge in [0.15, 0.2) is 5.56 Å². The summed E-state index contributed by atoms with van der Waals surface area (Å²) in [5.74, 6) is -0.184. The molecule has 0 atom stereocenters. The molecule has 0 saturated heterocycles. The molecule has 0 amide bonds. The number of hydrogen-bond donors (Lipinski definition) is 1. The predicted octanol–water partition coefficient (Wildman–Crippen LogP) is 4.77. The summed E-state index contributed by atoms with van der Waals surface area (Å²) in [6.07, 6.45) is 0. The number of fused-ring (bicyclic) bond motifs is 1. The molecule has 0 spiro atoms. The molecule has 3 aromatic rings. The number of nitrogens with one attached hydrogen (secondary N) is 1. The Morgan fingerprint density at radius 1 is 1.17 bits per heavy atom. The van der Waals surface area contributed by atoms with Gasteiger partial charge in [-0.1, -0.05) is 35.9 Å². The molecular weight excluding hydrogens is 400 g/mol. The van der Waals surface area contributed by atoms with Crippen LogP contribution in [0.4, 0.5) is 5.00 Å². The number of nitrogens with zero attached hydrogens (tertiary/aromatic N) is 1. The molecule has 1 aromatic heterocycles. The van der Waals surface area contributed by atoms with Crippen LogP contribution in [0.2, 0.25) is 0 Å². The Bertz CT molecular complexity index is 1080. The lowest BCUT2D eigenvalue weighted by Crippen LogP contribution is -2.09. The zero-order chi connectivity index (χ0) is 21.1. The lowest BCUT2D eigenvalue weighted by molar-refractivity contribution is 0.0596. The first-order valence-corrected chi connectivity index (χ1v) is 10.5. The summed E-state index contributed by atoms with van der Waals surface area (Å²) in [4.78, 5) is 12.4. The number of esters is 1. The quantitative estimate of drug-likeness (QED) is 0.551. The second-order valence-electron chi connectivity index (χ2n) is 7.35. The number of hydrogen-bond acceptors (Lipinski definition) is 7. The average molecular weight is 425 g/mol. The molecular formula is C23H24N2O4S. The average Bonchev–Trinajstić information content (AvgIpc) is 3.37. The van der Waals surface area contributed by atoms with E-state index in [9.17, 15) is 4.79 Å². The first-order chi connectivity index (χ1) is 14.5. The summed E-state index contributed by atoms with van der Waals surface area (Å²) in [6.45, 7) is 6.33. The molecule has 1 N–H and O–H groups in total. The SMILES string of the molecule is COC(=O)c1c(OCc2ccc3c(c2)COC3)nsc1NCc1ccc(C)cc1C. The third-order valence-corrected chi connectivity index (χ3v) is 5.94. The van der Waals surface area contributed by atoms with Gasteiger partial charge < -0.3 is 19.5 Å². The van der Waals surface area contributed by atoms with Gasteiger partial charge in [-0.15, -0.1) is 0 Å². The Labute approximate surface area is 180 Å². The van der Waals surface area contributed by atoms with Crippen molar-refractivity contribution in [3.63, 3.8) is 0 Å². The third kappa shape index (κ3) is 4.32. The predicted molar refractivity (Wildman–Crippen MR) is 116 cm³/mol. The standard InChI is InChI=1S/C23H24N2O4S/c1-14-4-6-17(15(2)8-14)10-24-22-20(23(26)27-3)21(25-30-22)29-11-16-5-7-18-12-28-13-19(18)9-16/h4-9,24H,10-13H2,1-3H3. The van der Waals surface area contributed by atoms with E-state index in [0.29, 0.717) is 36.9 Å². The number of carbonyl (C=O) groups is 1. The summed E-state index contributed by atoms with van der Waals surface area (Å²) in [6, 6.07) is 12.4. The molecule has 0 fully saturated rings. The van der Waals surface area contributed by atoms with Crippen molar-refractivity contribution in [1.82, 2.24) is 4.37 Å². The van der Waals surface area contributed by atoms with Crippen molar-refractivity contribution in [2.24, 2.45) is 0 Å². The van der Waals surface area contributed by atoms with E-state index >= 15 is 0 Å². The van der Waals surface area contributed by atoms with E-state index in [0.717, 1.165) is 11.1 Å². The zero-order valence-corrected chi connectivity index (χ0v) is 18.1. The zero-order valence-electron chi connectivity index (χ0n) is 17.3. The van der Waals surface area contributed by atoms with E-state index in [1.54, 1.807) is 0 Å². The Morgan fingerprint density at radius 3 is 2.80 bits per heavy atom. The van der Waals surface area contributed by atoms with Crippen LogP contribution in [0.25, 0.3) is 0 Å². The molecule has 2 aromatic carbocycles. The summed E-state index contributed by atoms with van der Waals surface area (Å²) in [7, 11) is 1.36. The number of anilines is 1. The molecule has 0 radical (unpaired) electrons. The fourth-order valence-electron chi connectivity index (χ4n) is 3.46. The summed E-state index contributed by atoms with van der Waals surface area (Å²) < 4.78 is 20.7. The van der Waals surface area contributed by atoms with E-state index in [1.165, 1.54) is 40.9 Å². The molecule has 4 rings (SSSR count). The highest BCUT2D eigenvalue weighted by Crippen LogP contribution is 2.32. The van der Waals surface area contributed by atoms with E-state index in [1.807, 2.05) is 6.07 Å². The lowest BCUT2D eigenvalue weighted by Gasteiger charge is -2.10.